The van der Waals surface area contributed by atoms with E-state index in [9.17, 15) is 9.59 Å². The minimum absolute atomic E-state index is 0.326. The summed E-state index contributed by atoms with van der Waals surface area (Å²) >= 11 is 0. The highest BCUT2D eigenvalue weighted by molar-refractivity contribution is 5.82. The zero-order valence-corrected chi connectivity index (χ0v) is 11.6. The molecule has 1 rings (SSSR count). The zero-order chi connectivity index (χ0) is 14.4. The van der Waals surface area contributed by atoms with Crippen molar-refractivity contribution >= 4 is 12.3 Å². The van der Waals surface area contributed by atoms with Gasteiger partial charge in [-0.15, -0.1) is 0 Å². The summed E-state index contributed by atoms with van der Waals surface area (Å²) in [5.74, 6) is 0.682. The lowest BCUT2D eigenvalue weighted by atomic mass is 10.0. The Hall–Kier alpha value is -2.04. The Kier molecular flexibility index (Phi) is 5.36. The number of ether oxygens (including phenoxy) is 3. The van der Waals surface area contributed by atoms with Gasteiger partial charge in [-0.1, -0.05) is 0 Å². The number of esters is 1. The van der Waals surface area contributed by atoms with Crippen LogP contribution >= 0.6 is 0 Å². The quantitative estimate of drug-likeness (QED) is 0.582. The lowest BCUT2D eigenvalue weighted by molar-refractivity contribution is -0.145. The van der Waals surface area contributed by atoms with Crippen LogP contribution in [0.25, 0.3) is 0 Å². The molecular weight excluding hydrogens is 248 g/mol. The van der Waals surface area contributed by atoms with E-state index >= 15 is 0 Å². The van der Waals surface area contributed by atoms with Crippen molar-refractivity contribution in [2.75, 3.05) is 14.2 Å². The summed E-state index contributed by atoms with van der Waals surface area (Å²) in [7, 11) is 3.02. The molecule has 5 heteroatoms. The molecule has 0 fully saturated rings. The normalized spacial score (nSPS) is 11.6. The third-order valence-electron chi connectivity index (χ3n) is 2.65. The van der Waals surface area contributed by atoms with Crippen LogP contribution in [-0.4, -0.2) is 32.6 Å². The number of aldehydes is 1. The van der Waals surface area contributed by atoms with E-state index in [2.05, 4.69) is 0 Å². The number of rotatable bonds is 6. The molecular formula is C14H18O5. The monoisotopic (exact) mass is 266 g/mol. The SMILES string of the molecule is COc1cc(CC(C)OC(C)=O)c(C=O)c(OC)c1. The first-order valence-electron chi connectivity index (χ1n) is 5.89. The molecule has 0 aliphatic heterocycles. The maximum atomic E-state index is 11.2. The molecule has 1 unspecified atom stereocenters. The van der Waals surface area contributed by atoms with E-state index in [4.69, 9.17) is 14.2 Å². The highest BCUT2D eigenvalue weighted by Crippen LogP contribution is 2.28. The Balaban J connectivity index is 3.09. The molecule has 0 aliphatic carbocycles. The summed E-state index contributed by atoms with van der Waals surface area (Å²) in [6, 6.07) is 3.38. The van der Waals surface area contributed by atoms with Crippen LogP contribution in [0.5, 0.6) is 11.5 Å². The molecule has 1 atom stereocenters. The van der Waals surface area contributed by atoms with Crippen molar-refractivity contribution in [3.8, 4) is 11.5 Å². The second kappa shape index (κ2) is 6.78. The molecule has 19 heavy (non-hydrogen) atoms. The van der Waals surface area contributed by atoms with Gasteiger partial charge in [0, 0.05) is 19.4 Å². The molecule has 104 valence electrons. The number of methoxy groups -OCH3 is 2. The van der Waals surface area contributed by atoms with E-state index in [1.807, 2.05) is 0 Å². The van der Waals surface area contributed by atoms with Crippen LogP contribution in [0.4, 0.5) is 0 Å². The molecule has 1 aromatic rings. The third kappa shape index (κ3) is 3.98. The number of carbonyl (C=O) groups is 2. The molecule has 0 radical (unpaired) electrons. The molecule has 0 amide bonds. The third-order valence-corrected chi connectivity index (χ3v) is 2.65. The van der Waals surface area contributed by atoms with Gasteiger partial charge in [-0.05, 0) is 18.6 Å². The van der Waals surface area contributed by atoms with Crippen molar-refractivity contribution in [1.29, 1.82) is 0 Å². The number of hydrogen-bond acceptors (Lipinski definition) is 5. The molecule has 0 N–H and O–H groups in total. The lowest BCUT2D eigenvalue weighted by Gasteiger charge is -2.16. The van der Waals surface area contributed by atoms with Crippen LogP contribution in [0, 0.1) is 0 Å². The average Bonchev–Trinajstić information content (AvgIpc) is 2.36. The summed E-state index contributed by atoms with van der Waals surface area (Å²) in [6.07, 6.45) is 0.822. The van der Waals surface area contributed by atoms with Gasteiger partial charge in [0.2, 0.25) is 0 Å². The van der Waals surface area contributed by atoms with Crippen molar-refractivity contribution in [1.82, 2.24) is 0 Å². The average molecular weight is 266 g/mol. The topological polar surface area (TPSA) is 61.8 Å². The maximum absolute atomic E-state index is 11.2. The Bertz CT molecular complexity index is 467. The van der Waals surface area contributed by atoms with Crippen LogP contribution in [0.15, 0.2) is 12.1 Å². The molecule has 0 spiro atoms. The number of carbonyl (C=O) groups excluding carboxylic acids is 2. The first-order valence-corrected chi connectivity index (χ1v) is 5.89. The summed E-state index contributed by atoms with van der Waals surface area (Å²) in [4.78, 5) is 22.1. The molecule has 1 aromatic carbocycles. The predicted octanol–water partition coefficient (Wildman–Crippen LogP) is 2.01. The van der Waals surface area contributed by atoms with E-state index in [-0.39, 0.29) is 12.1 Å². The van der Waals surface area contributed by atoms with E-state index in [0.29, 0.717) is 23.5 Å². The minimum atomic E-state index is -0.352. The highest BCUT2D eigenvalue weighted by Gasteiger charge is 2.15. The molecule has 0 aliphatic rings. The summed E-state index contributed by atoms with van der Waals surface area (Å²) < 4.78 is 15.4. The van der Waals surface area contributed by atoms with Gasteiger partial charge in [-0.3, -0.25) is 9.59 Å². The summed E-state index contributed by atoms with van der Waals surface area (Å²) in [5.41, 5.74) is 1.17. The Morgan fingerprint density at radius 3 is 2.47 bits per heavy atom. The van der Waals surface area contributed by atoms with E-state index in [1.165, 1.54) is 21.1 Å². The van der Waals surface area contributed by atoms with E-state index in [1.54, 1.807) is 19.1 Å². The fourth-order valence-corrected chi connectivity index (χ4v) is 1.88. The van der Waals surface area contributed by atoms with Crippen molar-refractivity contribution in [3.05, 3.63) is 23.3 Å². The Morgan fingerprint density at radius 2 is 2.00 bits per heavy atom. The number of hydrogen-bond donors (Lipinski definition) is 0. The van der Waals surface area contributed by atoms with Crippen molar-refractivity contribution in [2.24, 2.45) is 0 Å². The molecule has 0 saturated heterocycles. The standard InChI is InChI=1S/C14H18O5/c1-9(19-10(2)16)5-11-6-12(17-3)7-14(18-4)13(11)8-15/h6-9H,5H2,1-4H3. The van der Waals surface area contributed by atoms with Crippen LogP contribution in [-0.2, 0) is 16.0 Å². The number of benzene rings is 1. The molecule has 5 nitrogen and oxygen atoms in total. The van der Waals surface area contributed by atoms with E-state index < -0.39 is 0 Å². The fraction of sp³-hybridized carbons (Fsp3) is 0.429. The molecule has 0 heterocycles. The molecule has 0 aromatic heterocycles. The molecule has 0 saturated carbocycles. The van der Waals surface area contributed by atoms with Crippen molar-refractivity contribution in [3.63, 3.8) is 0 Å². The Morgan fingerprint density at radius 1 is 1.32 bits per heavy atom. The van der Waals surface area contributed by atoms with Gasteiger partial charge in [0.25, 0.3) is 0 Å². The fourth-order valence-electron chi connectivity index (χ4n) is 1.88. The van der Waals surface area contributed by atoms with Crippen molar-refractivity contribution < 1.29 is 23.8 Å². The van der Waals surface area contributed by atoms with Gasteiger partial charge in [0.15, 0.2) is 6.29 Å². The predicted molar refractivity (Wildman–Crippen MR) is 69.9 cm³/mol. The van der Waals surface area contributed by atoms with Gasteiger partial charge in [-0.25, -0.2) is 0 Å². The maximum Gasteiger partial charge on any atom is 0.302 e. The van der Waals surface area contributed by atoms with Crippen LogP contribution < -0.4 is 9.47 Å². The highest BCUT2D eigenvalue weighted by atomic mass is 16.5. The zero-order valence-electron chi connectivity index (χ0n) is 11.6. The van der Waals surface area contributed by atoms with Gasteiger partial charge in [0.05, 0.1) is 19.8 Å². The largest absolute Gasteiger partial charge is 0.497 e. The van der Waals surface area contributed by atoms with Crippen molar-refractivity contribution in [2.45, 2.75) is 26.4 Å². The van der Waals surface area contributed by atoms with Crippen LogP contribution in [0.2, 0.25) is 0 Å². The second-order valence-electron chi connectivity index (χ2n) is 4.14. The Labute approximate surface area is 112 Å². The second-order valence-corrected chi connectivity index (χ2v) is 4.14. The lowest BCUT2D eigenvalue weighted by Crippen LogP contribution is -2.16. The van der Waals surface area contributed by atoms with Gasteiger partial charge >= 0.3 is 5.97 Å². The summed E-state index contributed by atoms with van der Waals surface area (Å²) in [5, 5.41) is 0. The van der Waals surface area contributed by atoms with Gasteiger partial charge in [-0.2, -0.15) is 0 Å². The van der Waals surface area contributed by atoms with Gasteiger partial charge in [0.1, 0.15) is 17.6 Å². The summed E-state index contributed by atoms with van der Waals surface area (Å²) in [6.45, 7) is 3.12. The van der Waals surface area contributed by atoms with E-state index in [0.717, 1.165) is 11.8 Å². The van der Waals surface area contributed by atoms with Crippen LogP contribution in [0.1, 0.15) is 29.8 Å². The minimum Gasteiger partial charge on any atom is -0.497 e. The van der Waals surface area contributed by atoms with Crippen LogP contribution in [0.3, 0.4) is 0 Å². The first kappa shape index (κ1) is 15.0. The van der Waals surface area contributed by atoms with Gasteiger partial charge < -0.3 is 14.2 Å². The smallest absolute Gasteiger partial charge is 0.302 e. The molecule has 0 bridgehead atoms. The first-order chi connectivity index (χ1) is 9.01.